The zero-order chi connectivity index (χ0) is 13.5. The molecule has 1 aromatic carbocycles. The summed E-state index contributed by atoms with van der Waals surface area (Å²) in [5.74, 6) is 0.470. The van der Waals surface area contributed by atoms with E-state index in [0.717, 1.165) is 0 Å². The number of carbonyl (C=O) groups is 1. The summed E-state index contributed by atoms with van der Waals surface area (Å²) < 4.78 is 5.29. The lowest BCUT2D eigenvalue weighted by atomic mass is 10.2. The van der Waals surface area contributed by atoms with Gasteiger partial charge in [-0.2, -0.15) is 0 Å². The van der Waals surface area contributed by atoms with E-state index >= 15 is 0 Å². The standard InChI is InChI=1S/C12H16Cl2N2O2/c1-8(5-15)6-16-12(17)7-18-11-3-2-9(13)4-10(11)14/h2-4,8H,5-7,15H2,1H3,(H,16,17). The maximum Gasteiger partial charge on any atom is 0.257 e. The van der Waals surface area contributed by atoms with Crippen LogP contribution in [0.3, 0.4) is 0 Å². The molecule has 0 saturated carbocycles. The van der Waals surface area contributed by atoms with Gasteiger partial charge in [-0.25, -0.2) is 0 Å². The SMILES string of the molecule is CC(CN)CNC(=O)COc1ccc(Cl)cc1Cl. The van der Waals surface area contributed by atoms with Gasteiger partial charge in [0.2, 0.25) is 0 Å². The van der Waals surface area contributed by atoms with E-state index in [4.69, 9.17) is 33.7 Å². The van der Waals surface area contributed by atoms with Crippen LogP contribution in [0.1, 0.15) is 6.92 Å². The molecular weight excluding hydrogens is 275 g/mol. The lowest BCUT2D eigenvalue weighted by Gasteiger charge is -2.11. The zero-order valence-electron chi connectivity index (χ0n) is 10.1. The van der Waals surface area contributed by atoms with Crippen LogP contribution in [-0.4, -0.2) is 25.6 Å². The minimum atomic E-state index is -0.207. The van der Waals surface area contributed by atoms with E-state index in [9.17, 15) is 4.79 Å². The van der Waals surface area contributed by atoms with Gasteiger partial charge in [0.1, 0.15) is 5.75 Å². The Kier molecular flexibility index (Phi) is 6.25. The lowest BCUT2D eigenvalue weighted by Crippen LogP contribution is -2.34. The molecule has 0 bridgehead atoms. The molecule has 4 nitrogen and oxygen atoms in total. The number of carbonyl (C=O) groups excluding carboxylic acids is 1. The maximum absolute atomic E-state index is 11.5. The van der Waals surface area contributed by atoms with E-state index in [0.29, 0.717) is 28.9 Å². The quantitative estimate of drug-likeness (QED) is 0.843. The fraction of sp³-hybridized carbons (Fsp3) is 0.417. The Hall–Kier alpha value is -0.970. The lowest BCUT2D eigenvalue weighted by molar-refractivity contribution is -0.123. The Bertz CT molecular complexity index is 413. The van der Waals surface area contributed by atoms with Crippen LogP contribution in [0.25, 0.3) is 0 Å². The fourth-order valence-electron chi connectivity index (χ4n) is 1.16. The zero-order valence-corrected chi connectivity index (χ0v) is 11.6. The number of hydrogen-bond acceptors (Lipinski definition) is 3. The normalized spacial score (nSPS) is 12.0. The average molecular weight is 291 g/mol. The first-order chi connectivity index (χ1) is 8.52. The van der Waals surface area contributed by atoms with Gasteiger partial charge in [-0.3, -0.25) is 4.79 Å². The minimum Gasteiger partial charge on any atom is -0.482 e. The molecule has 0 spiro atoms. The number of nitrogens with two attached hydrogens (primary N) is 1. The highest BCUT2D eigenvalue weighted by Crippen LogP contribution is 2.27. The molecule has 3 N–H and O–H groups in total. The van der Waals surface area contributed by atoms with E-state index in [1.807, 2.05) is 6.92 Å². The predicted octanol–water partition coefficient (Wildman–Crippen LogP) is 2.08. The van der Waals surface area contributed by atoms with Crippen LogP contribution in [0.15, 0.2) is 18.2 Å². The molecular formula is C12H16Cl2N2O2. The summed E-state index contributed by atoms with van der Waals surface area (Å²) >= 11 is 11.7. The highest BCUT2D eigenvalue weighted by Gasteiger charge is 2.07. The summed E-state index contributed by atoms with van der Waals surface area (Å²) in [5.41, 5.74) is 5.44. The van der Waals surface area contributed by atoms with Gasteiger partial charge in [-0.05, 0) is 30.7 Å². The third-order valence-electron chi connectivity index (χ3n) is 2.30. The fourth-order valence-corrected chi connectivity index (χ4v) is 1.62. The largest absolute Gasteiger partial charge is 0.482 e. The molecule has 18 heavy (non-hydrogen) atoms. The summed E-state index contributed by atoms with van der Waals surface area (Å²) in [5, 5.41) is 3.62. The first-order valence-corrected chi connectivity index (χ1v) is 6.33. The van der Waals surface area contributed by atoms with Gasteiger partial charge in [0, 0.05) is 11.6 Å². The molecule has 1 unspecified atom stereocenters. The van der Waals surface area contributed by atoms with Crippen molar-refractivity contribution in [2.24, 2.45) is 11.7 Å². The van der Waals surface area contributed by atoms with Gasteiger partial charge in [-0.15, -0.1) is 0 Å². The van der Waals surface area contributed by atoms with Crippen LogP contribution in [-0.2, 0) is 4.79 Å². The van der Waals surface area contributed by atoms with Crippen molar-refractivity contribution in [3.63, 3.8) is 0 Å². The molecule has 1 atom stereocenters. The average Bonchev–Trinajstić information content (AvgIpc) is 2.34. The van der Waals surface area contributed by atoms with E-state index in [-0.39, 0.29) is 18.4 Å². The van der Waals surface area contributed by atoms with E-state index in [2.05, 4.69) is 5.32 Å². The topological polar surface area (TPSA) is 64.3 Å². The molecule has 0 aliphatic heterocycles. The number of ether oxygens (including phenoxy) is 1. The van der Waals surface area contributed by atoms with Crippen LogP contribution in [0, 0.1) is 5.92 Å². The van der Waals surface area contributed by atoms with Crippen LogP contribution < -0.4 is 15.8 Å². The summed E-state index contributed by atoms with van der Waals surface area (Å²) in [7, 11) is 0. The summed E-state index contributed by atoms with van der Waals surface area (Å²) in [6.07, 6.45) is 0. The second-order valence-electron chi connectivity index (χ2n) is 4.01. The van der Waals surface area contributed by atoms with Crippen molar-refractivity contribution in [3.05, 3.63) is 28.2 Å². The Morgan fingerprint density at radius 2 is 2.22 bits per heavy atom. The monoisotopic (exact) mass is 290 g/mol. The van der Waals surface area contributed by atoms with Gasteiger partial charge in [0.05, 0.1) is 5.02 Å². The first-order valence-electron chi connectivity index (χ1n) is 5.57. The van der Waals surface area contributed by atoms with Crippen LogP contribution in [0.2, 0.25) is 10.0 Å². The summed E-state index contributed by atoms with van der Waals surface area (Å²) in [6.45, 7) is 2.94. The molecule has 0 aliphatic rings. The molecule has 6 heteroatoms. The van der Waals surface area contributed by atoms with Crippen molar-refractivity contribution in [3.8, 4) is 5.75 Å². The van der Waals surface area contributed by atoms with Gasteiger partial charge >= 0.3 is 0 Å². The van der Waals surface area contributed by atoms with Gasteiger partial charge in [0.15, 0.2) is 6.61 Å². The molecule has 0 aliphatic carbocycles. The Balaban J connectivity index is 2.38. The molecule has 0 radical (unpaired) electrons. The Morgan fingerprint density at radius 1 is 1.50 bits per heavy atom. The first kappa shape index (κ1) is 15.1. The third-order valence-corrected chi connectivity index (χ3v) is 2.83. The molecule has 0 fully saturated rings. The molecule has 0 heterocycles. The molecule has 1 rings (SSSR count). The van der Waals surface area contributed by atoms with E-state index < -0.39 is 0 Å². The molecule has 0 aromatic heterocycles. The van der Waals surface area contributed by atoms with Crippen LogP contribution in [0.5, 0.6) is 5.75 Å². The van der Waals surface area contributed by atoms with E-state index in [1.54, 1.807) is 18.2 Å². The molecule has 1 amide bonds. The second-order valence-corrected chi connectivity index (χ2v) is 4.85. The number of nitrogens with one attached hydrogen (secondary N) is 1. The Morgan fingerprint density at radius 3 is 2.83 bits per heavy atom. The number of amides is 1. The van der Waals surface area contributed by atoms with Gasteiger partial charge < -0.3 is 15.8 Å². The Labute approximate surface area is 116 Å². The second kappa shape index (κ2) is 7.46. The van der Waals surface area contributed by atoms with Crippen molar-refractivity contribution < 1.29 is 9.53 Å². The predicted molar refractivity (Wildman–Crippen MR) is 73.2 cm³/mol. The molecule has 0 saturated heterocycles. The summed E-state index contributed by atoms with van der Waals surface area (Å²) in [4.78, 5) is 11.5. The molecule has 1 aromatic rings. The summed E-state index contributed by atoms with van der Waals surface area (Å²) in [6, 6.07) is 4.84. The van der Waals surface area contributed by atoms with Crippen molar-refractivity contribution in [1.82, 2.24) is 5.32 Å². The van der Waals surface area contributed by atoms with Crippen molar-refractivity contribution >= 4 is 29.1 Å². The van der Waals surface area contributed by atoms with Gasteiger partial charge in [0.25, 0.3) is 5.91 Å². The van der Waals surface area contributed by atoms with Crippen molar-refractivity contribution in [2.75, 3.05) is 19.7 Å². The number of halogens is 2. The van der Waals surface area contributed by atoms with Crippen LogP contribution in [0.4, 0.5) is 0 Å². The van der Waals surface area contributed by atoms with Crippen LogP contribution >= 0.6 is 23.2 Å². The minimum absolute atomic E-state index is 0.0847. The van der Waals surface area contributed by atoms with Gasteiger partial charge in [-0.1, -0.05) is 30.1 Å². The highest BCUT2D eigenvalue weighted by atomic mass is 35.5. The van der Waals surface area contributed by atoms with Crippen molar-refractivity contribution in [2.45, 2.75) is 6.92 Å². The maximum atomic E-state index is 11.5. The highest BCUT2D eigenvalue weighted by molar-refractivity contribution is 6.35. The van der Waals surface area contributed by atoms with Crippen molar-refractivity contribution in [1.29, 1.82) is 0 Å². The number of rotatable bonds is 6. The smallest absolute Gasteiger partial charge is 0.257 e. The number of hydrogen-bond donors (Lipinski definition) is 2. The third kappa shape index (κ3) is 5.12. The molecule has 100 valence electrons. The van der Waals surface area contributed by atoms with E-state index in [1.165, 1.54) is 0 Å². The number of benzene rings is 1.